The Morgan fingerprint density at radius 1 is 0.414 bits per heavy atom. The van der Waals surface area contributed by atoms with E-state index in [4.69, 9.17) is 37.9 Å². The van der Waals surface area contributed by atoms with Crippen LogP contribution in [0.3, 0.4) is 0 Å². The molecule has 0 radical (unpaired) electrons. The SMILES string of the molecule is COC(=O)OCOc1c2n(ccc1=O)N(C1c3ccccc3-c3scnc3-c3c1ccc(F)c3F)C1COC(C)CN1C2=O.COC(=O)OCOc1c2n(ccc1=O)N([C@@H]1c3ccccc3-c3scnc3-c3c1ccc(F)c3F)[C@@H]1CC3(CCN1C2=O)CC3.COC(=O)OCOc1c2n(ccc1=O)N([C@@H]1c3ccccc3-c3scnc3-c3c1ccc(F)c3F)[C@@H]1COC(C)CN1C2=O. The molecule has 32 nitrogen and oxygen atoms in total. The van der Waals surface area contributed by atoms with Crippen molar-refractivity contribution in [1.82, 2.24) is 43.7 Å². The largest absolute Gasteiger partial charge is 0.510 e. The van der Waals surface area contributed by atoms with Gasteiger partial charge in [0.1, 0.15) is 18.5 Å². The summed E-state index contributed by atoms with van der Waals surface area (Å²) in [4.78, 5) is 137. The Balaban J connectivity index is 0.000000124. The van der Waals surface area contributed by atoms with E-state index in [1.54, 1.807) is 42.0 Å². The summed E-state index contributed by atoms with van der Waals surface area (Å²) in [5.41, 5.74) is 9.59. The van der Waals surface area contributed by atoms with Crippen LogP contribution in [-0.2, 0) is 37.9 Å². The highest BCUT2D eigenvalue weighted by atomic mass is 32.1. The Kier molecular flexibility index (Phi) is 22.4. The second kappa shape index (κ2) is 34.4. The molecule has 4 unspecified atom stereocenters. The van der Waals surface area contributed by atoms with Crippen molar-refractivity contribution in [1.29, 1.82) is 0 Å². The van der Waals surface area contributed by atoms with E-state index in [1.807, 2.05) is 102 Å². The average Bonchev–Trinajstić information content (AvgIpc) is 1.63. The van der Waals surface area contributed by atoms with Gasteiger partial charge in [-0.15, -0.1) is 34.0 Å². The van der Waals surface area contributed by atoms with Gasteiger partial charge in [0.25, 0.3) is 17.7 Å². The maximum atomic E-state index is 15.9. The van der Waals surface area contributed by atoms with E-state index in [9.17, 15) is 56.3 Å². The molecule has 6 aromatic heterocycles. The molecule has 6 aromatic carbocycles. The number of aromatic nitrogens is 6. The summed E-state index contributed by atoms with van der Waals surface area (Å²) >= 11 is 3.96. The number of rotatable bonds is 12. The number of halogens is 6. The summed E-state index contributed by atoms with van der Waals surface area (Å²) in [5.74, 6) is -8.58. The van der Waals surface area contributed by atoms with Crippen molar-refractivity contribution >= 4 is 70.2 Å². The summed E-state index contributed by atoms with van der Waals surface area (Å²) in [6.45, 7) is 2.54. The first-order chi connectivity index (χ1) is 64.4. The molecule has 0 N–H and O–H groups in total. The molecule has 41 heteroatoms. The van der Waals surface area contributed by atoms with Crippen LogP contribution in [0.1, 0.15) is 123 Å². The molecule has 0 bridgehead atoms. The molecule has 682 valence electrons. The number of piperidine rings is 1. The number of benzene rings is 6. The fourth-order valence-electron chi connectivity index (χ4n) is 19.2. The van der Waals surface area contributed by atoms with Crippen molar-refractivity contribution < 1.29 is 107 Å². The van der Waals surface area contributed by atoms with Gasteiger partial charge < -0.3 is 66.8 Å². The van der Waals surface area contributed by atoms with Crippen molar-refractivity contribution in [3.05, 3.63) is 279 Å². The number of nitrogens with zero attached hydrogens (tertiary/aromatic N) is 12. The second-order valence-corrected chi connectivity index (χ2v) is 35.0. The number of hydrogen-bond donors (Lipinski definition) is 0. The van der Waals surface area contributed by atoms with Crippen LogP contribution in [0.15, 0.2) is 177 Å². The molecule has 133 heavy (non-hydrogen) atoms. The van der Waals surface area contributed by atoms with Crippen LogP contribution in [-0.4, -0.2) is 185 Å². The highest BCUT2D eigenvalue weighted by Gasteiger charge is 2.57. The predicted molar refractivity (Wildman–Crippen MR) is 464 cm³/mol. The number of methoxy groups -OCH3 is 3. The Labute approximate surface area is 761 Å². The third kappa shape index (κ3) is 14.5. The second-order valence-electron chi connectivity index (χ2n) is 32.5. The molecular formula is C92H74F6N12O20S3. The van der Waals surface area contributed by atoms with Gasteiger partial charge in [-0.3, -0.25) is 57.8 Å². The van der Waals surface area contributed by atoms with Crippen molar-refractivity contribution in [2.75, 3.05) is 89.6 Å². The van der Waals surface area contributed by atoms with Gasteiger partial charge >= 0.3 is 18.5 Å². The van der Waals surface area contributed by atoms with E-state index in [0.29, 0.717) is 61.4 Å². The van der Waals surface area contributed by atoms with E-state index in [1.165, 1.54) is 92.3 Å². The van der Waals surface area contributed by atoms with Gasteiger partial charge in [0.05, 0.1) is 113 Å². The highest BCUT2D eigenvalue weighted by Crippen LogP contribution is 2.59. The lowest BCUT2D eigenvalue weighted by Crippen LogP contribution is -2.67. The minimum absolute atomic E-state index is 0.00143. The highest BCUT2D eigenvalue weighted by molar-refractivity contribution is 7.14. The van der Waals surface area contributed by atoms with Crippen molar-refractivity contribution in [3.8, 4) is 82.3 Å². The Morgan fingerprint density at radius 2 is 0.737 bits per heavy atom. The topological polar surface area (TPSA) is 328 Å². The molecule has 4 fully saturated rings. The maximum absolute atomic E-state index is 15.9. The molecule has 4 aliphatic carbocycles. The van der Waals surface area contributed by atoms with Crippen LogP contribution in [0.2, 0.25) is 0 Å². The zero-order chi connectivity index (χ0) is 92.4. The quantitative estimate of drug-likeness (QED) is 0.0474. The first kappa shape index (κ1) is 86.6. The Bertz CT molecular complexity index is 6740. The minimum atomic E-state index is -1.05. The van der Waals surface area contributed by atoms with Crippen LogP contribution in [0, 0.1) is 40.3 Å². The van der Waals surface area contributed by atoms with E-state index in [0.717, 1.165) is 92.2 Å². The third-order valence-corrected chi connectivity index (χ3v) is 27.9. The molecular weight excluding hydrogens is 1800 g/mol. The van der Waals surface area contributed by atoms with Crippen LogP contribution in [0.5, 0.6) is 17.2 Å². The van der Waals surface area contributed by atoms with Crippen LogP contribution in [0.25, 0.3) is 65.1 Å². The summed E-state index contributed by atoms with van der Waals surface area (Å²) in [5, 5.41) is 5.60. The first-order valence-corrected chi connectivity index (χ1v) is 44.4. The summed E-state index contributed by atoms with van der Waals surface area (Å²) in [7, 11) is 3.38. The molecule has 3 saturated heterocycles. The molecule has 6 aliphatic heterocycles. The maximum Gasteiger partial charge on any atom is 0.510 e. The van der Waals surface area contributed by atoms with Crippen LogP contribution in [0.4, 0.5) is 40.7 Å². The lowest BCUT2D eigenvalue weighted by molar-refractivity contribution is -0.0579. The van der Waals surface area contributed by atoms with E-state index < -0.39 is 144 Å². The van der Waals surface area contributed by atoms with Gasteiger partial charge in [0, 0.05) is 73.1 Å². The van der Waals surface area contributed by atoms with Crippen LogP contribution < -0.4 is 45.5 Å². The number of carbonyl (C=O) groups is 6. The van der Waals surface area contributed by atoms with Crippen LogP contribution >= 0.6 is 34.0 Å². The molecule has 1 saturated carbocycles. The smallest absolute Gasteiger partial charge is 0.451 e. The lowest BCUT2D eigenvalue weighted by atomic mass is 9.87. The zero-order valence-electron chi connectivity index (χ0n) is 70.7. The third-order valence-electron chi connectivity index (χ3n) is 25.3. The van der Waals surface area contributed by atoms with Gasteiger partial charge in [-0.2, -0.15) is 0 Å². The molecule has 12 aromatic rings. The number of hydrogen-bond acceptors (Lipinski definition) is 29. The van der Waals surface area contributed by atoms with Gasteiger partial charge in [-0.05, 0) is 113 Å². The fraction of sp³-hybridized carbons (Fsp3) is 0.283. The molecule has 10 aliphatic rings. The van der Waals surface area contributed by atoms with Gasteiger partial charge in [-0.1, -0.05) is 91.0 Å². The summed E-state index contributed by atoms with van der Waals surface area (Å²) < 4.78 is 154. The van der Waals surface area contributed by atoms with Crippen molar-refractivity contribution in [2.24, 2.45) is 5.41 Å². The number of thiazole rings is 3. The summed E-state index contributed by atoms with van der Waals surface area (Å²) in [6.07, 6.45) is 2.23. The normalized spacial score (nSPS) is 20.1. The number of pyridine rings is 3. The number of carbonyl (C=O) groups excluding carboxylic acids is 6. The molecule has 8 atom stereocenters. The molecule has 22 rings (SSSR count). The Hall–Kier alpha value is -14.4. The number of morpholine rings is 2. The Morgan fingerprint density at radius 3 is 1.07 bits per heavy atom. The number of amides is 3. The van der Waals surface area contributed by atoms with Gasteiger partial charge in [0.2, 0.25) is 53.9 Å². The predicted octanol–water partition coefficient (Wildman–Crippen LogP) is 14.0. The van der Waals surface area contributed by atoms with Gasteiger partial charge in [0.15, 0.2) is 52.0 Å². The number of fused-ring (bicyclic) bond motifs is 21. The zero-order valence-corrected chi connectivity index (χ0v) is 73.2. The average molecular weight is 1880 g/mol. The van der Waals surface area contributed by atoms with E-state index >= 15 is 13.2 Å². The fourth-order valence-corrected chi connectivity index (χ4v) is 21.8. The number of ether oxygens (including phenoxy) is 11. The van der Waals surface area contributed by atoms with Gasteiger partial charge in [-0.25, -0.2) is 55.7 Å². The molecule has 12 heterocycles. The summed E-state index contributed by atoms with van der Waals surface area (Å²) in [6, 6.07) is 31.7. The molecule has 1 spiro atoms. The molecule has 3 amide bonds. The van der Waals surface area contributed by atoms with E-state index in [2.05, 4.69) is 29.2 Å². The first-order valence-electron chi connectivity index (χ1n) is 41.7. The van der Waals surface area contributed by atoms with Crippen molar-refractivity contribution in [3.63, 3.8) is 0 Å². The standard InChI is InChI=1S/C32H26F2N4O6S.2C30H24F2N4O7S/c1-42-31(41)44-16-43-28-21(39)8-12-37-27(28)30(40)36-13-11-32(9-10-32)14-22(36)38(37)26-17-4-2-3-5-18(17)29-25(35-15-45-29)23-19(26)6-7-20(33)24(23)34;2*1-15-11-34-21(12-41-15)36(35-10-9-20(37)27(26(35)29(34)38)42-14-43-30(39)40-2)25-16-5-3-4-6-17(16)28-24(33-13-44-28)22-18(25)7-8-19(31)23(22)32/h2-8,12,15,22,26H,9-11,13-14,16H2,1H3;2*3-10,13,15,21,25H,11-12,14H2,1-2H3/t22-,26-;15?,21-,25-;/m11./s1. The minimum Gasteiger partial charge on any atom is -0.451 e. The van der Waals surface area contributed by atoms with E-state index in [-0.39, 0.29) is 94.9 Å². The monoisotopic (exact) mass is 1880 g/mol. The van der Waals surface area contributed by atoms with Crippen molar-refractivity contribution in [2.45, 2.75) is 88.4 Å². The lowest BCUT2D eigenvalue weighted by Gasteiger charge is -2.53.